The molecule has 0 aliphatic heterocycles. The monoisotopic (exact) mass is 397 g/mol. The number of hydrogen-bond donors (Lipinski definition) is 1. The van der Waals surface area contributed by atoms with Gasteiger partial charge in [0.15, 0.2) is 6.61 Å². The summed E-state index contributed by atoms with van der Waals surface area (Å²) in [4.78, 5) is 37.3. The van der Waals surface area contributed by atoms with Crippen LogP contribution in [0.2, 0.25) is 0 Å². The Bertz CT molecular complexity index is 894. The molecule has 0 radical (unpaired) electrons. The molecule has 0 saturated heterocycles. The molecule has 29 heavy (non-hydrogen) atoms. The van der Waals surface area contributed by atoms with E-state index in [1.807, 2.05) is 30.3 Å². The van der Waals surface area contributed by atoms with Crippen molar-refractivity contribution in [2.45, 2.75) is 38.1 Å². The van der Waals surface area contributed by atoms with Gasteiger partial charge in [-0.05, 0) is 37.1 Å². The van der Waals surface area contributed by atoms with E-state index in [4.69, 9.17) is 10.5 Å². The van der Waals surface area contributed by atoms with E-state index in [2.05, 4.69) is 0 Å². The summed E-state index contributed by atoms with van der Waals surface area (Å²) in [6.45, 7) is -0.442. The summed E-state index contributed by atoms with van der Waals surface area (Å²) in [6.07, 6.45) is 5.06. The van der Waals surface area contributed by atoms with Crippen LogP contribution in [0.25, 0.3) is 0 Å². The lowest BCUT2D eigenvalue weighted by Crippen LogP contribution is -2.43. The molecule has 0 aromatic heterocycles. The lowest BCUT2D eigenvalue weighted by atomic mass is 9.93. The first kappa shape index (κ1) is 20.3. The van der Waals surface area contributed by atoms with Crippen LogP contribution in [0.4, 0.5) is 17.1 Å². The second kappa shape index (κ2) is 9.18. The maximum Gasteiger partial charge on any atom is 0.338 e. The maximum absolute atomic E-state index is 12.9. The van der Waals surface area contributed by atoms with Crippen LogP contribution in [-0.4, -0.2) is 29.4 Å². The summed E-state index contributed by atoms with van der Waals surface area (Å²) in [5.41, 5.74) is 5.86. The summed E-state index contributed by atoms with van der Waals surface area (Å²) in [5.74, 6) is -1.13. The van der Waals surface area contributed by atoms with Crippen LogP contribution in [0, 0.1) is 10.1 Å². The molecule has 3 rings (SSSR count). The van der Waals surface area contributed by atoms with Crippen LogP contribution in [0.3, 0.4) is 0 Å². The molecular weight excluding hydrogens is 374 g/mol. The largest absolute Gasteiger partial charge is 0.452 e. The fraction of sp³-hybridized carbons (Fsp3) is 0.333. The number of carbonyl (C=O) groups excluding carboxylic acids is 2. The minimum Gasteiger partial charge on any atom is -0.452 e. The molecule has 1 fully saturated rings. The number of benzene rings is 2. The van der Waals surface area contributed by atoms with Crippen LogP contribution in [-0.2, 0) is 9.53 Å². The maximum atomic E-state index is 12.9. The molecule has 1 amide bonds. The van der Waals surface area contributed by atoms with Crippen LogP contribution in [0.15, 0.2) is 48.5 Å². The highest BCUT2D eigenvalue weighted by Gasteiger charge is 2.28. The lowest BCUT2D eigenvalue weighted by Gasteiger charge is -2.34. The topological polar surface area (TPSA) is 116 Å². The fourth-order valence-electron chi connectivity index (χ4n) is 3.60. The highest BCUT2D eigenvalue weighted by Crippen LogP contribution is 2.28. The van der Waals surface area contributed by atoms with Gasteiger partial charge >= 0.3 is 5.97 Å². The Morgan fingerprint density at radius 1 is 1.10 bits per heavy atom. The smallest absolute Gasteiger partial charge is 0.338 e. The van der Waals surface area contributed by atoms with E-state index in [0.717, 1.165) is 43.9 Å². The zero-order chi connectivity index (χ0) is 20.8. The van der Waals surface area contributed by atoms with Crippen molar-refractivity contribution < 1.29 is 19.2 Å². The Labute approximate surface area is 168 Å². The van der Waals surface area contributed by atoms with E-state index in [1.54, 1.807) is 4.90 Å². The van der Waals surface area contributed by atoms with E-state index < -0.39 is 17.5 Å². The zero-order valence-corrected chi connectivity index (χ0v) is 16.0. The molecule has 2 aromatic rings. The summed E-state index contributed by atoms with van der Waals surface area (Å²) < 4.78 is 5.16. The highest BCUT2D eigenvalue weighted by atomic mass is 16.6. The van der Waals surface area contributed by atoms with Crippen LogP contribution >= 0.6 is 0 Å². The normalized spacial score (nSPS) is 14.2. The van der Waals surface area contributed by atoms with E-state index in [9.17, 15) is 19.7 Å². The number of ether oxygens (including phenoxy) is 1. The van der Waals surface area contributed by atoms with Gasteiger partial charge in [-0.1, -0.05) is 37.5 Å². The van der Waals surface area contributed by atoms with Crippen molar-refractivity contribution in [3.63, 3.8) is 0 Å². The molecule has 1 aliphatic carbocycles. The molecule has 0 atom stereocenters. The van der Waals surface area contributed by atoms with Gasteiger partial charge in [-0.25, -0.2) is 4.79 Å². The molecule has 0 heterocycles. The van der Waals surface area contributed by atoms with Crippen LogP contribution in [0.1, 0.15) is 42.5 Å². The first-order valence-corrected chi connectivity index (χ1v) is 9.55. The number of nitrogen functional groups attached to an aromatic ring is 1. The van der Waals surface area contributed by atoms with E-state index in [-0.39, 0.29) is 28.9 Å². The highest BCUT2D eigenvalue weighted by molar-refractivity contribution is 5.98. The quantitative estimate of drug-likeness (QED) is 0.344. The number of hydrogen-bond acceptors (Lipinski definition) is 6. The molecule has 8 nitrogen and oxygen atoms in total. The van der Waals surface area contributed by atoms with E-state index in [1.165, 1.54) is 12.1 Å². The van der Waals surface area contributed by atoms with Gasteiger partial charge in [0.2, 0.25) is 0 Å². The zero-order valence-electron chi connectivity index (χ0n) is 16.0. The van der Waals surface area contributed by atoms with Crippen molar-refractivity contribution in [3.05, 3.63) is 64.2 Å². The summed E-state index contributed by atoms with van der Waals surface area (Å²) in [7, 11) is 0. The second-order valence-corrected chi connectivity index (χ2v) is 7.00. The Morgan fingerprint density at radius 3 is 2.45 bits per heavy atom. The predicted octanol–water partition coefficient (Wildman–Crippen LogP) is 3.70. The van der Waals surface area contributed by atoms with Gasteiger partial charge in [0.1, 0.15) is 5.69 Å². The number of rotatable bonds is 6. The van der Waals surface area contributed by atoms with Crippen molar-refractivity contribution in [1.82, 2.24) is 0 Å². The summed E-state index contributed by atoms with van der Waals surface area (Å²) >= 11 is 0. The van der Waals surface area contributed by atoms with Crippen molar-refractivity contribution in [2.75, 3.05) is 17.2 Å². The lowest BCUT2D eigenvalue weighted by molar-refractivity contribution is -0.383. The Kier molecular flexibility index (Phi) is 6.43. The molecule has 0 spiro atoms. The van der Waals surface area contributed by atoms with Gasteiger partial charge < -0.3 is 15.4 Å². The number of nitro groups is 1. The van der Waals surface area contributed by atoms with Crippen LogP contribution < -0.4 is 10.6 Å². The number of esters is 1. The SMILES string of the molecule is Nc1ccc(C(=O)OCC(=O)N(c2ccccc2)C2CCCCC2)cc1[N+](=O)[O-]. The van der Waals surface area contributed by atoms with E-state index >= 15 is 0 Å². The average Bonchev–Trinajstić information content (AvgIpc) is 2.74. The summed E-state index contributed by atoms with van der Waals surface area (Å²) in [6, 6.07) is 13.0. The molecule has 0 unspecified atom stereocenters. The van der Waals surface area contributed by atoms with E-state index in [0.29, 0.717) is 0 Å². The minimum absolute atomic E-state index is 0.0253. The molecule has 1 saturated carbocycles. The third-order valence-corrected chi connectivity index (χ3v) is 5.03. The van der Waals surface area contributed by atoms with Gasteiger partial charge in [-0.3, -0.25) is 14.9 Å². The molecule has 0 bridgehead atoms. The van der Waals surface area contributed by atoms with Crippen molar-refractivity contribution >= 4 is 28.9 Å². The van der Waals surface area contributed by atoms with Gasteiger partial charge in [0, 0.05) is 17.8 Å². The Balaban J connectivity index is 1.72. The van der Waals surface area contributed by atoms with Crippen molar-refractivity contribution in [1.29, 1.82) is 0 Å². The Hall–Kier alpha value is -3.42. The van der Waals surface area contributed by atoms with Gasteiger partial charge in [-0.15, -0.1) is 0 Å². The average molecular weight is 397 g/mol. The Morgan fingerprint density at radius 2 is 1.79 bits per heavy atom. The van der Waals surface area contributed by atoms with Crippen molar-refractivity contribution in [2.24, 2.45) is 0 Å². The third kappa shape index (κ3) is 4.90. The molecular formula is C21H23N3O5. The first-order chi connectivity index (χ1) is 14.0. The van der Waals surface area contributed by atoms with Gasteiger partial charge in [0.25, 0.3) is 11.6 Å². The number of amides is 1. The first-order valence-electron chi connectivity index (χ1n) is 9.55. The molecule has 2 aromatic carbocycles. The minimum atomic E-state index is -0.807. The number of nitrogens with zero attached hydrogens (tertiary/aromatic N) is 2. The number of anilines is 2. The second-order valence-electron chi connectivity index (χ2n) is 7.00. The number of nitrogens with two attached hydrogens (primary N) is 1. The summed E-state index contributed by atoms with van der Waals surface area (Å²) in [5, 5.41) is 11.0. The molecule has 152 valence electrons. The number of para-hydroxylation sites is 1. The van der Waals surface area contributed by atoms with Gasteiger partial charge in [0.05, 0.1) is 10.5 Å². The third-order valence-electron chi connectivity index (χ3n) is 5.03. The molecule has 1 aliphatic rings. The van der Waals surface area contributed by atoms with Gasteiger partial charge in [-0.2, -0.15) is 0 Å². The van der Waals surface area contributed by atoms with Crippen molar-refractivity contribution in [3.8, 4) is 0 Å². The predicted molar refractivity (Wildman–Crippen MR) is 109 cm³/mol. The van der Waals surface area contributed by atoms with Crippen LogP contribution in [0.5, 0.6) is 0 Å². The molecule has 8 heteroatoms. The molecule has 2 N–H and O–H groups in total. The standard InChI is InChI=1S/C21H23N3O5/c22-18-12-11-15(13-19(18)24(27)28)21(26)29-14-20(25)23(16-7-3-1-4-8-16)17-9-5-2-6-10-17/h1,3-4,7-8,11-13,17H,2,5-6,9-10,14,22H2. The number of nitro benzene ring substituents is 1. The number of carbonyl (C=O) groups is 2. The fourth-order valence-corrected chi connectivity index (χ4v) is 3.60.